The molecule has 0 saturated carbocycles. The molecule has 15 heavy (non-hydrogen) atoms. The molecular formula is C11H15ClN2O. The third-order valence-corrected chi connectivity index (χ3v) is 2.59. The van der Waals surface area contributed by atoms with Crippen LogP contribution in [0.3, 0.4) is 0 Å². The van der Waals surface area contributed by atoms with Crippen LogP contribution < -0.4 is 10.2 Å². The number of nitrogens with one attached hydrogen (secondary N) is 1. The summed E-state index contributed by atoms with van der Waals surface area (Å²) in [6.45, 7) is 2.81. The van der Waals surface area contributed by atoms with Crippen molar-refractivity contribution in [1.29, 1.82) is 0 Å². The van der Waals surface area contributed by atoms with Gasteiger partial charge in [-0.05, 0) is 12.6 Å². The molecular weight excluding hydrogens is 212 g/mol. The van der Waals surface area contributed by atoms with E-state index in [1.165, 1.54) is 0 Å². The summed E-state index contributed by atoms with van der Waals surface area (Å²) < 4.78 is 0. The van der Waals surface area contributed by atoms with Crippen molar-refractivity contribution in [3.8, 4) is 0 Å². The van der Waals surface area contributed by atoms with Gasteiger partial charge in [0.2, 0.25) is 5.91 Å². The van der Waals surface area contributed by atoms with Crippen LogP contribution in [-0.4, -0.2) is 19.5 Å². The van der Waals surface area contributed by atoms with Crippen LogP contribution in [-0.2, 0) is 4.79 Å². The molecule has 0 aliphatic carbocycles. The number of amides is 1. The van der Waals surface area contributed by atoms with Crippen molar-refractivity contribution in [2.75, 3.05) is 18.5 Å². The number of likely N-dealkylation sites (N-methyl/N-ethyl adjacent to an activating group) is 2. The van der Waals surface area contributed by atoms with Crippen LogP contribution in [0.1, 0.15) is 18.5 Å². The molecule has 1 atom stereocenters. The number of carbonyl (C=O) groups is 1. The lowest BCUT2D eigenvalue weighted by atomic mass is 10.1. The monoisotopic (exact) mass is 226 g/mol. The molecule has 1 aliphatic rings. The summed E-state index contributed by atoms with van der Waals surface area (Å²) in [5, 5.41) is 3.19. The van der Waals surface area contributed by atoms with Crippen molar-refractivity contribution in [1.82, 2.24) is 5.32 Å². The number of fused-ring (bicyclic) bond motifs is 1. The first-order valence-electron chi connectivity index (χ1n) is 4.85. The lowest BCUT2D eigenvalue weighted by Crippen LogP contribution is -2.32. The van der Waals surface area contributed by atoms with Gasteiger partial charge in [0.25, 0.3) is 0 Å². The molecule has 1 amide bonds. The SMILES string of the molecule is CCNC1C(=O)N(C)c2ccccc21.Cl. The highest BCUT2D eigenvalue weighted by Gasteiger charge is 2.33. The minimum absolute atomic E-state index is 0. The number of benzene rings is 1. The highest BCUT2D eigenvalue weighted by molar-refractivity contribution is 6.04. The summed E-state index contributed by atoms with van der Waals surface area (Å²) in [5.41, 5.74) is 2.10. The van der Waals surface area contributed by atoms with Crippen LogP contribution in [0.25, 0.3) is 0 Å². The first-order valence-corrected chi connectivity index (χ1v) is 4.85. The topological polar surface area (TPSA) is 32.3 Å². The van der Waals surface area contributed by atoms with Crippen molar-refractivity contribution in [3.63, 3.8) is 0 Å². The van der Waals surface area contributed by atoms with E-state index in [9.17, 15) is 4.79 Å². The zero-order valence-electron chi connectivity index (χ0n) is 8.86. The van der Waals surface area contributed by atoms with Crippen molar-refractivity contribution >= 4 is 24.0 Å². The second kappa shape index (κ2) is 4.64. The highest BCUT2D eigenvalue weighted by atomic mass is 35.5. The summed E-state index contributed by atoms with van der Waals surface area (Å²) in [6, 6.07) is 7.75. The molecule has 1 N–H and O–H groups in total. The normalized spacial score (nSPS) is 18.7. The van der Waals surface area contributed by atoms with Gasteiger partial charge in [-0.3, -0.25) is 4.79 Å². The number of hydrogen-bond acceptors (Lipinski definition) is 2. The Morgan fingerprint density at radius 3 is 2.73 bits per heavy atom. The fraction of sp³-hybridized carbons (Fsp3) is 0.364. The average Bonchev–Trinajstić information content (AvgIpc) is 2.45. The summed E-state index contributed by atoms with van der Waals surface area (Å²) in [7, 11) is 1.82. The molecule has 1 unspecified atom stereocenters. The lowest BCUT2D eigenvalue weighted by molar-refractivity contribution is -0.119. The average molecular weight is 227 g/mol. The summed E-state index contributed by atoms with van der Waals surface area (Å²) in [6.07, 6.45) is 0. The second-order valence-corrected chi connectivity index (χ2v) is 3.45. The van der Waals surface area contributed by atoms with Crippen molar-refractivity contribution in [2.45, 2.75) is 13.0 Å². The van der Waals surface area contributed by atoms with E-state index in [1.807, 2.05) is 38.2 Å². The molecule has 0 fully saturated rings. The molecule has 1 heterocycles. The highest BCUT2D eigenvalue weighted by Crippen LogP contribution is 2.33. The zero-order valence-corrected chi connectivity index (χ0v) is 9.67. The minimum Gasteiger partial charge on any atom is -0.313 e. The van der Waals surface area contributed by atoms with Gasteiger partial charge in [0.1, 0.15) is 6.04 Å². The summed E-state index contributed by atoms with van der Waals surface area (Å²) in [5.74, 6) is 0.132. The van der Waals surface area contributed by atoms with Crippen molar-refractivity contribution in [2.24, 2.45) is 0 Å². The van der Waals surface area contributed by atoms with Crippen molar-refractivity contribution < 1.29 is 4.79 Å². The third kappa shape index (κ3) is 1.85. The van der Waals surface area contributed by atoms with E-state index < -0.39 is 0 Å². The predicted molar refractivity (Wildman–Crippen MR) is 63.5 cm³/mol. The van der Waals surface area contributed by atoms with Gasteiger partial charge in [-0.25, -0.2) is 0 Å². The van der Waals surface area contributed by atoms with Gasteiger partial charge in [0, 0.05) is 18.3 Å². The van der Waals surface area contributed by atoms with Gasteiger partial charge in [-0.2, -0.15) is 0 Å². The Balaban J connectivity index is 0.00000112. The maximum atomic E-state index is 11.8. The van der Waals surface area contributed by atoms with Crippen LogP contribution in [0, 0.1) is 0 Å². The molecule has 82 valence electrons. The quantitative estimate of drug-likeness (QED) is 0.833. The molecule has 2 rings (SSSR count). The first-order chi connectivity index (χ1) is 6.75. The maximum Gasteiger partial charge on any atom is 0.248 e. The second-order valence-electron chi connectivity index (χ2n) is 3.45. The Hall–Kier alpha value is -1.06. The van der Waals surface area contributed by atoms with Gasteiger partial charge in [-0.15, -0.1) is 12.4 Å². The molecule has 0 radical (unpaired) electrons. The molecule has 3 nitrogen and oxygen atoms in total. The van der Waals surface area contributed by atoms with E-state index in [1.54, 1.807) is 4.90 Å². The van der Waals surface area contributed by atoms with E-state index in [0.29, 0.717) is 0 Å². The van der Waals surface area contributed by atoms with Gasteiger partial charge in [-0.1, -0.05) is 25.1 Å². The Bertz CT molecular complexity index is 367. The van der Waals surface area contributed by atoms with Crippen molar-refractivity contribution in [3.05, 3.63) is 29.8 Å². The van der Waals surface area contributed by atoms with E-state index in [-0.39, 0.29) is 24.4 Å². The Morgan fingerprint density at radius 1 is 1.40 bits per heavy atom. The minimum atomic E-state index is -0.152. The van der Waals surface area contributed by atoms with Crippen LogP contribution in [0.4, 0.5) is 5.69 Å². The molecule has 1 aromatic rings. The van der Waals surface area contributed by atoms with Gasteiger partial charge >= 0.3 is 0 Å². The van der Waals surface area contributed by atoms with Crippen LogP contribution >= 0.6 is 12.4 Å². The van der Waals surface area contributed by atoms with Crippen LogP contribution in [0.5, 0.6) is 0 Å². The Kier molecular flexibility index (Phi) is 3.72. The third-order valence-electron chi connectivity index (χ3n) is 2.59. The number of carbonyl (C=O) groups excluding carboxylic acids is 1. The van der Waals surface area contributed by atoms with E-state index in [2.05, 4.69) is 5.32 Å². The molecule has 4 heteroatoms. The molecule has 1 aliphatic heterocycles. The number of rotatable bonds is 2. The van der Waals surface area contributed by atoms with Gasteiger partial charge < -0.3 is 10.2 Å². The number of hydrogen-bond donors (Lipinski definition) is 1. The van der Waals surface area contributed by atoms with Gasteiger partial charge in [0.05, 0.1) is 0 Å². The smallest absolute Gasteiger partial charge is 0.248 e. The number of para-hydroxylation sites is 1. The van der Waals surface area contributed by atoms with E-state index in [0.717, 1.165) is 17.8 Å². The van der Waals surface area contributed by atoms with E-state index in [4.69, 9.17) is 0 Å². The molecule has 1 aromatic carbocycles. The maximum absolute atomic E-state index is 11.8. The zero-order chi connectivity index (χ0) is 10.1. The fourth-order valence-electron chi connectivity index (χ4n) is 1.88. The number of nitrogens with zero attached hydrogens (tertiary/aromatic N) is 1. The molecule has 0 aromatic heterocycles. The van der Waals surface area contributed by atoms with Crippen LogP contribution in [0.2, 0.25) is 0 Å². The van der Waals surface area contributed by atoms with Gasteiger partial charge in [0.15, 0.2) is 0 Å². The van der Waals surface area contributed by atoms with E-state index >= 15 is 0 Å². The standard InChI is InChI=1S/C11H14N2O.ClH/c1-3-12-10-8-6-4-5-7-9(8)13(2)11(10)14;/h4-7,10,12H,3H2,1-2H3;1H. The Labute approximate surface area is 95.9 Å². The fourth-order valence-corrected chi connectivity index (χ4v) is 1.88. The molecule has 0 spiro atoms. The molecule has 0 saturated heterocycles. The van der Waals surface area contributed by atoms with Crippen LogP contribution in [0.15, 0.2) is 24.3 Å². The lowest BCUT2D eigenvalue weighted by Gasteiger charge is -2.11. The predicted octanol–water partition coefficient (Wildman–Crippen LogP) is 1.74. The summed E-state index contributed by atoms with van der Waals surface area (Å²) in [4.78, 5) is 13.5. The molecule has 0 bridgehead atoms. The number of anilines is 1. The Morgan fingerprint density at radius 2 is 2.07 bits per heavy atom. The largest absolute Gasteiger partial charge is 0.313 e. The first kappa shape index (κ1) is 12.0. The number of halogens is 1. The summed E-state index contributed by atoms with van der Waals surface area (Å²) >= 11 is 0.